The lowest BCUT2D eigenvalue weighted by atomic mass is 10.1. The van der Waals surface area contributed by atoms with Crippen LogP contribution in [0.1, 0.15) is 35.0 Å². The zero-order valence-electron chi connectivity index (χ0n) is 15.7. The molecule has 1 aromatic carbocycles. The van der Waals surface area contributed by atoms with Gasteiger partial charge in [-0.25, -0.2) is 4.98 Å². The summed E-state index contributed by atoms with van der Waals surface area (Å²) in [5, 5.41) is 4.50. The number of amides is 2. The SMILES string of the molecule is COc1ccc(Cl)cc1N1CC(C(=O)NC(C)c2sc(C)nc2C)CC1=O. The monoisotopic (exact) mass is 407 g/mol. The second-order valence-electron chi connectivity index (χ2n) is 6.63. The minimum Gasteiger partial charge on any atom is -0.495 e. The summed E-state index contributed by atoms with van der Waals surface area (Å²) < 4.78 is 5.34. The van der Waals surface area contributed by atoms with Crippen LogP contribution in [0.5, 0.6) is 5.75 Å². The van der Waals surface area contributed by atoms with Crippen LogP contribution in [0.15, 0.2) is 18.2 Å². The fourth-order valence-electron chi connectivity index (χ4n) is 3.34. The summed E-state index contributed by atoms with van der Waals surface area (Å²) in [4.78, 5) is 32.3. The molecule has 0 spiro atoms. The molecule has 1 aromatic heterocycles. The molecule has 1 aliphatic heterocycles. The van der Waals surface area contributed by atoms with Crippen LogP contribution in [0.25, 0.3) is 0 Å². The van der Waals surface area contributed by atoms with Crippen LogP contribution >= 0.6 is 22.9 Å². The minimum absolute atomic E-state index is 0.117. The molecule has 0 bridgehead atoms. The highest BCUT2D eigenvalue weighted by Gasteiger charge is 2.37. The van der Waals surface area contributed by atoms with Crippen molar-refractivity contribution in [3.63, 3.8) is 0 Å². The molecule has 1 fully saturated rings. The second-order valence-corrected chi connectivity index (χ2v) is 8.31. The third kappa shape index (κ3) is 4.09. The molecule has 2 amide bonds. The van der Waals surface area contributed by atoms with Gasteiger partial charge in [0.2, 0.25) is 11.8 Å². The van der Waals surface area contributed by atoms with Gasteiger partial charge >= 0.3 is 0 Å². The molecule has 0 radical (unpaired) electrons. The van der Waals surface area contributed by atoms with Crippen LogP contribution < -0.4 is 15.0 Å². The molecule has 0 aliphatic carbocycles. The fourth-order valence-corrected chi connectivity index (χ4v) is 4.43. The number of nitrogens with one attached hydrogen (secondary N) is 1. The number of benzene rings is 1. The molecule has 3 rings (SSSR count). The maximum absolute atomic E-state index is 12.7. The van der Waals surface area contributed by atoms with Gasteiger partial charge in [0.05, 0.1) is 35.5 Å². The van der Waals surface area contributed by atoms with Gasteiger partial charge in [-0.05, 0) is 39.0 Å². The van der Waals surface area contributed by atoms with E-state index in [1.807, 2.05) is 20.8 Å². The number of rotatable bonds is 5. The van der Waals surface area contributed by atoms with E-state index < -0.39 is 5.92 Å². The Morgan fingerprint density at radius 2 is 2.19 bits per heavy atom. The fraction of sp³-hybridized carbons (Fsp3) is 0.421. The predicted octanol–water partition coefficient (Wildman–Crippen LogP) is 3.65. The Balaban J connectivity index is 1.72. The Bertz CT molecular complexity index is 883. The second kappa shape index (κ2) is 7.86. The van der Waals surface area contributed by atoms with Crippen LogP contribution in [0.2, 0.25) is 5.02 Å². The number of halogens is 1. The maximum Gasteiger partial charge on any atom is 0.227 e. The molecule has 2 aromatic rings. The lowest BCUT2D eigenvalue weighted by Crippen LogP contribution is -2.34. The van der Waals surface area contributed by atoms with E-state index in [-0.39, 0.29) is 24.3 Å². The smallest absolute Gasteiger partial charge is 0.227 e. The molecule has 2 heterocycles. The molecular formula is C19H22ClN3O3S. The zero-order chi connectivity index (χ0) is 19.7. The number of thiazole rings is 1. The average molecular weight is 408 g/mol. The van der Waals surface area contributed by atoms with Gasteiger partial charge in [0, 0.05) is 22.9 Å². The summed E-state index contributed by atoms with van der Waals surface area (Å²) >= 11 is 7.65. The number of methoxy groups -OCH3 is 1. The predicted molar refractivity (Wildman–Crippen MR) is 107 cm³/mol. The third-order valence-corrected chi connectivity index (χ3v) is 6.11. The van der Waals surface area contributed by atoms with Crippen LogP contribution in [-0.4, -0.2) is 30.5 Å². The van der Waals surface area contributed by atoms with E-state index >= 15 is 0 Å². The highest BCUT2D eigenvalue weighted by molar-refractivity contribution is 7.11. The maximum atomic E-state index is 12.7. The van der Waals surface area contributed by atoms with Gasteiger partial charge in [0.1, 0.15) is 5.75 Å². The van der Waals surface area contributed by atoms with Crippen molar-refractivity contribution in [2.24, 2.45) is 5.92 Å². The van der Waals surface area contributed by atoms with E-state index in [1.165, 1.54) is 0 Å². The van der Waals surface area contributed by atoms with Crippen LogP contribution in [0.4, 0.5) is 5.69 Å². The first-order chi connectivity index (χ1) is 12.8. The number of carbonyl (C=O) groups is 2. The number of aryl methyl sites for hydroxylation is 2. The summed E-state index contributed by atoms with van der Waals surface area (Å²) in [5.41, 5.74) is 1.52. The average Bonchev–Trinajstić information content (AvgIpc) is 3.16. The van der Waals surface area contributed by atoms with Gasteiger partial charge in [-0.15, -0.1) is 11.3 Å². The van der Waals surface area contributed by atoms with Gasteiger partial charge in [-0.1, -0.05) is 11.6 Å². The number of hydrogen-bond donors (Lipinski definition) is 1. The van der Waals surface area contributed by atoms with Crippen molar-refractivity contribution in [1.82, 2.24) is 10.3 Å². The number of nitrogens with zero attached hydrogens (tertiary/aromatic N) is 2. The third-order valence-electron chi connectivity index (χ3n) is 4.62. The molecule has 8 heteroatoms. The molecule has 6 nitrogen and oxygen atoms in total. The van der Waals surface area contributed by atoms with E-state index in [4.69, 9.17) is 16.3 Å². The molecule has 2 unspecified atom stereocenters. The van der Waals surface area contributed by atoms with Crippen molar-refractivity contribution < 1.29 is 14.3 Å². The van der Waals surface area contributed by atoms with Crippen LogP contribution in [-0.2, 0) is 9.59 Å². The Hall–Kier alpha value is -2.12. The van der Waals surface area contributed by atoms with Gasteiger partial charge in [0.15, 0.2) is 0 Å². The van der Waals surface area contributed by atoms with E-state index in [9.17, 15) is 9.59 Å². The number of hydrogen-bond acceptors (Lipinski definition) is 5. The van der Waals surface area contributed by atoms with E-state index in [2.05, 4.69) is 10.3 Å². The van der Waals surface area contributed by atoms with Crippen molar-refractivity contribution in [3.8, 4) is 5.75 Å². The normalized spacial score (nSPS) is 17.9. The van der Waals surface area contributed by atoms with E-state index in [1.54, 1.807) is 41.5 Å². The summed E-state index contributed by atoms with van der Waals surface area (Å²) in [5.74, 6) is -0.117. The summed E-state index contributed by atoms with van der Waals surface area (Å²) in [6.45, 7) is 6.12. The highest BCUT2D eigenvalue weighted by Crippen LogP contribution is 2.35. The van der Waals surface area contributed by atoms with Crippen molar-refractivity contribution in [1.29, 1.82) is 0 Å². The Morgan fingerprint density at radius 1 is 1.44 bits per heavy atom. The summed E-state index contributed by atoms with van der Waals surface area (Å²) in [6.07, 6.45) is 0.162. The first-order valence-corrected chi connectivity index (χ1v) is 9.87. The molecule has 2 atom stereocenters. The van der Waals surface area contributed by atoms with Crippen molar-refractivity contribution in [2.45, 2.75) is 33.2 Å². The van der Waals surface area contributed by atoms with Crippen molar-refractivity contribution >= 4 is 40.4 Å². The van der Waals surface area contributed by atoms with E-state index in [0.29, 0.717) is 23.0 Å². The van der Waals surface area contributed by atoms with Gasteiger partial charge < -0.3 is 15.0 Å². The molecule has 27 heavy (non-hydrogen) atoms. The standard InChI is InChI=1S/C19H22ClN3O3S/c1-10-18(27-12(3)21-10)11(2)22-19(25)13-7-17(24)23(9-13)15-8-14(20)5-6-16(15)26-4/h5-6,8,11,13H,7,9H2,1-4H3,(H,22,25). The quantitative estimate of drug-likeness (QED) is 0.821. The van der Waals surface area contributed by atoms with Crippen molar-refractivity contribution in [2.75, 3.05) is 18.6 Å². The molecule has 0 saturated carbocycles. The number of ether oxygens (including phenoxy) is 1. The first kappa shape index (κ1) is 19.6. The van der Waals surface area contributed by atoms with Gasteiger partial charge in [-0.3, -0.25) is 9.59 Å². The Kier molecular flexibility index (Phi) is 5.72. The molecule has 1 saturated heterocycles. The Morgan fingerprint density at radius 3 is 2.81 bits per heavy atom. The summed E-state index contributed by atoms with van der Waals surface area (Å²) in [7, 11) is 1.54. The zero-order valence-corrected chi connectivity index (χ0v) is 17.3. The Labute approximate surface area is 167 Å². The number of carbonyl (C=O) groups excluding carboxylic acids is 2. The van der Waals surface area contributed by atoms with Crippen molar-refractivity contribution in [3.05, 3.63) is 38.8 Å². The first-order valence-electron chi connectivity index (χ1n) is 8.68. The lowest BCUT2D eigenvalue weighted by molar-refractivity contribution is -0.126. The van der Waals surface area contributed by atoms with Crippen LogP contribution in [0, 0.1) is 19.8 Å². The van der Waals surface area contributed by atoms with Gasteiger partial charge in [-0.2, -0.15) is 0 Å². The minimum atomic E-state index is -0.419. The molecular weight excluding hydrogens is 386 g/mol. The largest absolute Gasteiger partial charge is 0.495 e. The molecule has 1 N–H and O–H groups in total. The topological polar surface area (TPSA) is 71.5 Å². The number of anilines is 1. The number of aromatic nitrogens is 1. The van der Waals surface area contributed by atoms with Gasteiger partial charge in [0.25, 0.3) is 0 Å². The van der Waals surface area contributed by atoms with E-state index in [0.717, 1.165) is 15.6 Å². The summed E-state index contributed by atoms with van der Waals surface area (Å²) in [6, 6.07) is 4.96. The molecule has 144 valence electrons. The van der Waals surface area contributed by atoms with Crippen LogP contribution in [0.3, 0.4) is 0 Å². The molecule has 1 aliphatic rings. The highest BCUT2D eigenvalue weighted by atomic mass is 35.5. The lowest BCUT2D eigenvalue weighted by Gasteiger charge is -2.20.